The summed E-state index contributed by atoms with van der Waals surface area (Å²) in [5, 5.41) is 3.81. The molecule has 1 N–H and O–H groups in total. The standard InChI is InChI=1S/C12H27NSi/c1-11-8-6-5-7-9-12(11)13-10-14(2,3)4/h11-13H,5-10H2,1-4H3. The molecular formula is C12H27NSi. The van der Waals surface area contributed by atoms with Gasteiger partial charge in [-0.25, -0.2) is 0 Å². The molecule has 0 heterocycles. The second-order valence-electron chi connectivity index (χ2n) is 6.16. The smallest absolute Gasteiger partial charge is 0.0596 e. The minimum absolute atomic E-state index is 0.809. The fourth-order valence-corrected chi connectivity index (χ4v) is 3.11. The third kappa shape index (κ3) is 4.60. The Kier molecular flexibility index (Phi) is 4.65. The van der Waals surface area contributed by atoms with Gasteiger partial charge in [0.25, 0.3) is 0 Å². The van der Waals surface area contributed by atoms with E-state index < -0.39 is 8.07 Å². The van der Waals surface area contributed by atoms with Gasteiger partial charge < -0.3 is 5.32 Å². The third-order valence-corrected chi connectivity index (χ3v) is 4.52. The second kappa shape index (κ2) is 5.31. The number of hydrogen-bond acceptors (Lipinski definition) is 1. The van der Waals surface area contributed by atoms with Gasteiger partial charge >= 0.3 is 0 Å². The Hall–Kier alpha value is 0.177. The molecule has 0 radical (unpaired) electrons. The maximum Gasteiger partial charge on any atom is 0.0596 e. The van der Waals surface area contributed by atoms with Crippen LogP contribution in [0.1, 0.15) is 39.0 Å². The van der Waals surface area contributed by atoms with Gasteiger partial charge in [0.2, 0.25) is 0 Å². The first-order chi connectivity index (χ1) is 6.49. The van der Waals surface area contributed by atoms with E-state index in [2.05, 4.69) is 31.9 Å². The van der Waals surface area contributed by atoms with Gasteiger partial charge in [0, 0.05) is 6.04 Å². The summed E-state index contributed by atoms with van der Waals surface area (Å²) in [5.74, 6) is 0.897. The van der Waals surface area contributed by atoms with Gasteiger partial charge in [0.15, 0.2) is 0 Å². The van der Waals surface area contributed by atoms with Gasteiger partial charge in [-0.2, -0.15) is 0 Å². The van der Waals surface area contributed by atoms with E-state index in [9.17, 15) is 0 Å². The highest BCUT2D eigenvalue weighted by Crippen LogP contribution is 2.23. The zero-order chi connectivity index (χ0) is 10.6. The summed E-state index contributed by atoms with van der Waals surface area (Å²) in [7, 11) is -0.898. The van der Waals surface area contributed by atoms with Crippen LogP contribution in [-0.2, 0) is 0 Å². The molecule has 0 aromatic carbocycles. The van der Waals surface area contributed by atoms with Gasteiger partial charge in [-0.3, -0.25) is 0 Å². The van der Waals surface area contributed by atoms with Crippen molar-refractivity contribution in [3.05, 3.63) is 0 Å². The molecule has 0 aromatic heterocycles. The summed E-state index contributed by atoms with van der Waals surface area (Å²) in [6.45, 7) is 9.76. The van der Waals surface area contributed by atoms with Crippen LogP contribution in [0.15, 0.2) is 0 Å². The summed E-state index contributed by atoms with van der Waals surface area (Å²) in [6, 6.07) is 0.809. The van der Waals surface area contributed by atoms with Gasteiger partial charge in [-0.15, -0.1) is 0 Å². The first-order valence-corrected chi connectivity index (χ1v) is 9.93. The lowest BCUT2D eigenvalue weighted by Crippen LogP contribution is -2.44. The second-order valence-corrected chi connectivity index (χ2v) is 11.6. The van der Waals surface area contributed by atoms with Gasteiger partial charge in [-0.05, 0) is 24.9 Å². The molecule has 1 aliphatic carbocycles. The Morgan fingerprint density at radius 2 is 1.71 bits per heavy atom. The van der Waals surface area contributed by atoms with Gasteiger partial charge in [-0.1, -0.05) is 45.8 Å². The van der Waals surface area contributed by atoms with Crippen molar-refractivity contribution in [2.45, 2.75) is 64.7 Å². The molecule has 1 fully saturated rings. The molecular weight excluding hydrogens is 186 g/mol. The minimum atomic E-state index is -0.898. The molecule has 0 bridgehead atoms. The highest BCUT2D eigenvalue weighted by molar-refractivity contribution is 6.76. The zero-order valence-corrected chi connectivity index (χ0v) is 11.4. The van der Waals surface area contributed by atoms with E-state index in [1.165, 1.54) is 38.3 Å². The molecule has 0 saturated heterocycles. The Morgan fingerprint density at radius 3 is 2.36 bits per heavy atom. The van der Waals surface area contributed by atoms with E-state index in [4.69, 9.17) is 0 Å². The summed E-state index contributed by atoms with van der Waals surface area (Å²) in [4.78, 5) is 0. The molecule has 2 heteroatoms. The molecule has 1 nitrogen and oxygen atoms in total. The predicted molar refractivity (Wildman–Crippen MR) is 67.4 cm³/mol. The van der Waals surface area contributed by atoms with Crippen LogP contribution in [0.2, 0.25) is 19.6 Å². The largest absolute Gasteiger partial charge is 0.316 e. The van der Waals surface area contributed by atoms with Crippen LogP contribution in [0.5, 0.6) is 0 Å². The Labute approximate surface area is 90.7 Å². The molecule has 0 amide bonds. The Morgan fingerprint density at radius 1 is 1.07 bits per heavy atom. The molecule has 2 unspecified atom stereocenters. The fraction of sp³-hybridized carbons (Fsp3) is 1.00. The van der Waals surface area contributed by atoms with Crippen LogP contribution in [0.25, 0.3) is 0 Å². The zero-order valence-electron chi connectivity index (χ0n) is 10.4. The van der Waals surface area contributed by atoms with E-state index in [0.29, 0.717) is 0 Å². The summed E-state index contributed by atoms with van der Waals surface area (Å²) in [6.07, 6.45) is 8.48. The summed E-state index contributed by atoms with van der Waals surface area (Å²) in [5.41, 5.74) is 0. The maximum atomic E-state index is 3.81. The van der Waals surface area contributed by atoms with E-state index in [1.54, 1.807) is 0 Å². The Balaban J connectivity index is 2.33. The van der Waals surface area contributed by atoms with E-state index in [1.807, 2.05) is 0 Å². The first kappa shape index (κ1) is 12.2. The van der Waals surface area contributed by atoms with Crippen molar-refractivity contribution >= 4 is 8.07 Å². The molecule has 2 atom stereocenters. The molecule has 0 aliphatic heterocycles. The molecule has 0 spiro atoms. The molecule has 1 aliphatic rings. The van der Waals surface area contributed by atoms with Crippen LogP contribution in [0.4, 0.5) is 0 Å². The molecule has 1 saturated carbocycles. The lowest BCUT2D eigenvalue weighted by atomic mass is 9.97. The highest BCUT2D eigenvalue weighted by Gasteiger charge is 2.21. The molecule has 84 valence electrons. The normalized spacial score (nSPS) is 30.0. The molecule has 1 rings (SSSR count). The predicted octanol–water partition coefficient (Wildman–Crippen LogP) is 3.42. The van der Waals surface area contributed by atoms with Crippen LogP contribution in [0.3, 0.4) is 0 Å². The Bertz CT molecular complexity index is 162. The van der Waals surface area contributed by atoms with Crippen molar-refractivity contribution in [2.75, 3.05) is 6.17 Å². The summed E-state index contributed by atoms with van der Waals surface area (Å²) < 4.78 is 0. The van der Waals surface area contributed by atoms with Crippen molar-refractivity contribution in [1.29, 1.82) is 0 Å². The van der Waals surface area contributed by atoms with Crippen molar-refractivity contribution in [3.8, 4) is 0 Å². The third-order valence-electron chi connectivity index (χ3n) is 3.26. The highest BCUT2D eigenvalue weighted by atomic mass is 28.3. The van der Waals surface area contributed by atoms with E-state index in [0.717, 1.165) is 12.0 Å². The summed E-state index contributed by atoms with van der Waals surface area (Å²) >= 11 is 0. The molecule has 14 heavy (non-hydrogen) atoms. The molecule has 0 aromatic rings. The van der Waals surface area contributed by atoms with Crippen LogP contribution < -0.4 is 5.32 Å². The van der Waals surface area contributed by atoms with Crippen molar-refractivity contribution in [2.24, 2.45) is 5.92 Å². The van der Waals surface area contributed by atoms with Gasteiger partial charge in [0.05, 0.1) is 8.07 Å². The van der Waals surface area contributed by atoms with Crippen molar-refractivity contribution in [3.63, 3.8) is 0 Å². The topological polar surface area (TPSA) is 12.0 Å². The SMILES string of the molecule is CC1CCCCCC1NC[Si](C)(C)C. The van der Waals surface area contributed by atoms with Crippen LogP contribution in [0, 0.1) is 5.92 Å². The average molecular weight is 213 g/mol. The van der Waals surface area contributed by atoms with Gasteiger partial charge in [0.1, 0.15) is 0 Å². The van der Waals surface area contributed by atoms with Crippen LogP contribution in [-0.4, -0.2) is 20.3 Å². The van der Waals surface area contributed by atoms with Crippen molar-refractivity contribution in [1.82, 2.24) is 5.32 Å². The van der Waals surface area contributed by atoms with E-state index in [-0.39, 0.29) is 0 Å². The first-order valence-electron chi connectivity index (χ1n) is 6.22. The lowest BCUT2D eigenvalue weighted by Gasteiger charge is -2.26. The van der Waals surface area contributed by atoms with E-state index >= 15 is 0 Å². The fourth-order valence-electron chi connectivity index (χ4n) is 2.23. The van der Waals surface area contributed by atoms with Crippen LogP contribution >= 0.6 is 0 Å². The minimum Gasteiger partial charge on any atom is -0.316 e. The quantitative estimate of drug-likeness (QED) is 0.559. The average Bonchev–Trinajstić information content (AvgIpc) is 2.25. The van der Waals surface area contributed by atoms with Crippen molar-refractivity contribution < 1.29 is 0 Å². The number of nitrogens with one attached hydrogen (secondary N) is 1. The number of hydrogen-bond donors (Lipinski definition) is 1. The number of rotatable bonds is 3. The lowest BCUT2D eigenvalue weighted by molar-refractivity contribution is 0.372. The monoisotopic (exact) mass is 213 g/mol. The maximum absolute atomic E-state index is 3.81.